The molecule has 0 aliphatic heterocycles. The number of hydrogen-bond donors (Lipinski definition) is 2. The number of nitrogens with zero attached hydrogens (tertiary/aromatic N) is 3. The molecule has 4 aromatic rings. The van der Waals surface area contributed by atoms with Crippen molar-refractivity contribution in [2.24, 2.45) is 0 Å². The van der Waals surface area contributed by atoms with Crippen molar-refractivity contribution in [2.75, 3.05) is 20.8 Å². The molecule has 1 amide bonds. The third kappa shape index (κ3) is 4.40. The fourth-order valence-corrected chi connectivity index (χ4v) is 4.03. The maximum Gasteiger partial charge on any atom is 0.267 e. The molecule has 180 valence electrons. The van der Waals surface area contributed by atoms with Crippen LogP contribution in [0.1, 0.15) is 21.5 Å². The zero-order chi connectivity index (χ0) is 25.1. The Morgan fingerprint density at radius 1 is 1.17 bits per heavy atom. The SMILES string of the molecule is C=CCn1c(=N)c(C(=O)NCCc2ccc(OC)c(OC)c2)cc2c(=O)n3cccc(C)c3nc21. The number of pyridine rings is 2. The number of allylic oxidation sites excluding steroid dienone is 1. The molecule has 0 aliphatic rings. The molecule has 0 saturated carbocycles. The van der Waals surface area contributed by atoms with Gasteiger partial charge in [0.05, 0.1) is 25.2 Å². The van der Waals surface area contributed by atoms with Crippen molar-refractivity contribution in [3.05, 3.63) is 87.8 Å². The van der Waals surface area contributed by atoms with Gasteiger partial charge < -0.3 is 19.4 Å². The monoisotopic (exact) mass is 473 g/mol. The predicted octanol–water partition coefficient (Wildman–Crippen LogP) is 2.61. The smallest absolute Gasteiger partial charge is 0.267 e. The Kier molecular flexibility index (Phi) is 6.68. The summed E-state index contributed by atoms with van der Waals surface area (Å²) in [4.78, 5) is 31.0. The number of amides is 1. The van der Waals surface area contributed by atoms with Gasteiger partial charge in [-0.2, -0.15) is 0 Å². The lowest BCUT2D eigenvalue weighted by Crippen LogP contribution is -2.35. The van der Waals surface area contributed by atoms with Crippen molar-refractivity contribution < 1.29 is 14.3 Å². The molecule has 0 radical (unpaired) electrons. The zero-order valence-electron chi connectivity index (χ0n) is 19.9. The summed E-state index contributed by atoms with van der Waals surface area (Å²) in [6, 6.07) is 10.7. The van der Waals surface area contributed by atoms with Crippen molar-refractivity contribution >= 4 is 22.6 Å². The Bertz CT molecular complexity index is 1570. The summed E-state index contributed by atoms with van der Waals surface area (Å²) in [5.41, 5.74) is 2.40. The zero-order valence-corrected chi connectivity index (χ0v) is 19.9. The van der Waals surface area contributed by atoms with Crippen molar-refractivity contribution in [1.29, 1.82) is 5.41 Å². The van der Waals surface area contributed by atoms with Crippen molar-refractivity contribution in [3.63, 3.8) is 0 Å². The minimum atomic E-state index is -0.441. The molecule has 3 heterocycles. The summed E-state index contributed by atoms with van der Waals surface area (Å²) in [7, 11) is 3.14. The lowest BCUT2D eigenvalue weighted by molar-refractivity contribution is 0.0951. The highest BCUT2D eigenvalue weighted by Gasteiger charge is 2.17. The first-order chi connectivity index (χ1) is 16.9. The molecular weight excluding hydrogens is 446 g/mol. The van der Waals surface area contributed by atoms with Crippen LogP contribution in [0.5, 0.6) is 11.5 Å². The molecule has 1 aromatic carbocycles. The Morgan fingerprint density at radius 3 is 2.66 bits per heavy atom. The van der Waals surface area contributed by atoms with Crippen LogP contribution in [0, 0.1) is 12.3 Å². The average Bonchev–Trinajstić information content (AvgIpc) is 2.86. The van der Waals surface area contributed by atoms with Gasteiger partial charge in [0.2, 0.25) is 0 Å². The number of methoxy groups -OCH3 is 2. The molecule has 0 saturated heterocycles. The highest BCUT2D eigenvalue weighted by Crippen LogP contribution is 2.27. The van der Waals surface area contributed by atoms with Crippen LogP contribution in [0.3, 0.4) is 0 Å². The number of carbonyl (C=O) groups excluding carboxylic acids is 1. The van der Waals surface area contributed by atoms with Gasteiger partial charge in [0.1, 0.15) is 16.8 Å². The molecule has 9 heteroatoms. The third-order valence-corrected chi connectivity index (χ3v) is 5.84. The second kappa shape index (κ2) is 9.84. The molecule has 0 fully saturated rings. The van der Waals surface area contributed by atoms with Gasteiger partial charge in [-0.25, -0.2) is 4.98 Å². The van der Waals surface area contributed by atoms with E-state index in [1.165, 1.54) is 15.0 Å². The van der Waals surface area contributed by atoms with Crippen molar-refractivity contribution in [3.8, 4) is 11.5 Å². The first kappa shape index (κ1) is 23.7. The van der Waals surface area contributed by atoms with Crippen LogP contribution in [0.15, 0.2) is 60.0 Å². The van der Waals surface area contributed by atoms with E-state index in [0.29, 0.717) is 35.8 Å². The number of aryl methyl sites for hydroxylation is 1. The molecule has 0 bridgehead atoms. The second-order valence-corrected chi connectivity index (χ2v) is 8.04. The predicted molar refractivity (Wildman–Crippen MR) is 133 cm³/mol. The van der Waals surface area contributed by atoms with Crippen LogP contribution in [-0.2, 0) is 13.0 Å². The Morgan fingerprint density at radius 2 is 1.94 bits per heavy atom. The Balaban J connectivity index is 1.69. The molecular formula is C26H27N5O4. The molecule has 4 rings (SSSR count). The molecule has 9 nitrogen and oxygen atoms in total. The average molecular weight is 474 g/mol. The molecule has 0 aliphatic carbocycles. The first-order valence-electron chi connectivity index (χ1n) is 11.1. The Hall–Kier alpha value is -4.40. The van der Waals surface area contributed by atoms with E-state index >= 15 is 0 Å². The minimum Gasteiger partial charge on any atom is -0.493 e. The summed E-state index contributed by atoms with van der Waals surface area (Å²) in [6.07, 6.45) is 3.80. The van der Waals surface area contributed by atoms with Gasteiger partial charge in [0, 0.05) is 19.3 Å². The maximum atomic E-state index is 13.3. The fraction of sp³-hybridized carbons (Fsp3) is 0.231. The molecule has 0 unspecified atom stereocenters. The van der Waals surface area contributed by atoms with Gasteiger partial charge in [-0.1, -0.05) is 18.2 Å². The third-order valence-electron chi connectivity index (χ3n) is 5.84. The van der Waals surface area contributed by atoms with Crippen molar-refractivity contribution in [1.82, 2.24) is 19.3 Å². The summed E-state index contributed by atoms with van der Waals surface area (Å²) in [5.74, 6) is 0.800. The normalized spacial score (nSPS) is 10.9. The van der Waals surface area contributed by atoms with E-state index in [0.717, 1.165) is 11.1 Å². The van der Waals surface area contributed by atoms with Crippen LogP contribution in [-0.4, -0.2) is 40.6 Å². The fourth-order valence-electron chi connectivity index (χ4n) is 4.03. The summed E-state index contributed by atoms with van der Waals surface area (Å²) >= 11 is 0. The topological polar surface area (TPSA) is 111 Å². The quantitative estimate of drug-likeness (QED) is 0.302. The van der Waals surface area contributed by atoms with Crippen LogP contribution >= 0.6 is 0 Å². The molecule has 2 N–H and O–H groups in total. The number of carbonyl (C=O) groups is 1. The van der Waals surface area contributed by atoms with E-state index in [4.69, 9.17) is 14.9 Å². The van der Waals surface area contributed by atoms with Crippen LogP contribution < -0.4 is 25.8 Å². The summed E-state index contributed by atoms with van der Waals surface area (Å²) < 4.78 is 13.6. The number of aromatic nitrogens is 3. The summed E-state index contributed by atoms with van der Waals surface area (Å²) in [5, 5.41) is 11.8. The number of benzene rings is 1. The second-order valence-electron chi connectivity index (χ2n) is 8.04. The van der Waals surface area contributed by atoms with Gasteiger partial charge in [0.25, 0.3) is 11.5 Å². The maximum absolute atomic E-state index is 13.3. The van der Waals surface area contributed by atoms with Crippen molar-refractivity contribution in [2.45, 2.75) is 19.9 Å². The standard InChI is InChI=1S/C26H27N5O4/c1-5-12-30-22(27)18(15-19-24(30)29-23-16(2)7-6-13-31(23)26(19)33)25(32)28-11-10-17-8-9-20(34-3)21(14-17)35-4/h5-9,13-15,27H,1,10-12H2,2-4H3,(H,28,32). The lowest BCUT2D eigenvalue weighted by atomic mass is 10.1. The van der Waals surface area contributed by atoms with Gasteiger partial charge in [-0.3, -0.25) is 19.4 Å². The number of rotatable bonds is 8. The number of fused-ring (bicyclic) bond motifs is 2. The minimum absolute atomic E-state index is 0.0362. The van der Waals surface area contributed by atoms with E-state index in [-0.39, 0.29) is 28.5 Å². The van der Waals surface area contributed by atoms with Gasteiger partial charge in [-0.15, -0.1) is 6.58 Å². The van der Waals surface area contributed by atoms with Gasteiger partial charge in [-0.05, 0) is 48.7 Å². The lowest BCUT2D eigenvalue weighted by Gasteiger charge is -2.14. The number of nitrogens with one attached hydrogen (secondary N) is 2. The summed E-state index contributed by atoms with van der Waals surface area (Å²) in [6.45, 7) is 6.19. The Labute approximate surface area is 201 Å². The van der Waals surface area contributed by atoms with Crippen LogP contribution in [0.4, 0.5) is 0 Å². The van der Waals surface area contributed by atoms with E-state index in [2.05, 4.69) is 16.9 Å². The molecule has 35 heavy (non-hydrogen) atoms. The molecule has 0 atom stereocenters. The van der Waals surface area contributed by atoms with Gasteiger partial charge in [0.15, 0.2) is 11.5 Å². The largest absolute Gasteiger partial charge is 0.493 e. The molecule has 3 aromatic heterocycles. The molecule has 0 spiro atoms. The van der Waals surface area contributed by atoms with E-state index in [1.807, 2.05) is 31.2 Å². The van der Waals surface area contributed by atoms with Crippen LogP contribution in [0.2, 0.25) is 0 Å². The van der Waals surface area contributed by atoms with E-state index < -0.39 is 5.91 Å². The van der Waals surface area contributed by atoms with E-state index in [9.17, 15) is 9.59 Å². The number of hydrogen-bond acceptors (Lipinski definition) is 6. The van der Waals surface area contributed by atoms with Crippen LogP contribution in [0.25, 0.3) is 16.7 Å². The van der Waals surface area contributed by atoms with Gasteiger partial charge >= 0.3 is 0 Å². The number of ether oxygens (including phenoxy) is 2. The van der Waals surface area contributed by atoms with E-state index in [1.54, 1.807) is 32.6 Å². The first-order valence-corrected chi connectivity index (χ1v) is 11.1. The highest BCUT2D eigenvalue weighted by molar-refractivity contribution is 5.96. The highest BCUT2D eigenvalue weighted by atomic mass is 16.5.